The van der Waals surface area contributed by atoms with E-state index in [1.54, 1.807) is 0 Å². The topological polar surface area (TPSA) is 54.9 Å². The zero-order valence-electron chi connectivity index (χ0n) is 17.5. The van der Waals surface area contributed by atoms with Crippen LogP contribution >= 0.6 is 11.8 Å². The van der Waals surface area contributed by atoms with E-state index in [-0.39, 0.29) is 12.7 Å². The molecule has 3 aromatic rings. The fraction of sp³-hybridized carbons (Fsp3) is 0.333. The number of fused-ring (bicyclic) bond motifs is 2. The zero-order chi connectivity index (χ0) is 21.2. The van der Waals surface area contributed by atoms with Gasteiger partial charge in [0, 0.05) is 43.3 Å². The number of ether oxygens (including phenoxy) is 2. The Hall–Kier alpha value is -2.93. The normalized spacial score (nSPS) is 15.5. The number of hydrogen-bond donors (Lipinski definition) is 0. The van der Waals surface area contributed by atoms with Gasteiger partial charge in [0.2, 0.25) is 12.7 Å². The van der Waals surface area contributed by atoms with Gasteiger partial charge in [-0.3, -0.25) is 4.79 Å². The van der Waals surface area contributed by atoms with E-state index in [1.165, 1.54) is 17.4 Å². The molecule has 0 saturated carbocycles. The number of nitrogens with zero attached hydrogens (tertiary/aromatic N) is 3. The predicted octanol–water partition coefficient (Wildman–Crippen LogP) is 3.97. The van der Waals surface area contributed by atoms with Crippen molar-refractivity contribution in [3.8, 4) is 11.5 Å². The molecular formula is C24H25N3O3S. The highest BCUT2D eigenvalue weighted by Gasteiger charge is 2.22. The molecule has 0 bridgehead atoms. The minimum Gasteiger partial charge on any atom is -0.454 e. The van der Waals surface area contributed by atoms with Crippen LogP contribution in [0.25, 0.3) is 10.9 Å². The van der Waals surface area contributed by atoms with Gasteiger partial charge in [0.05, 0.1) is 11.3 Å². The zero-order valence-corrected chi connectivity index (χ0v) is 18.4. The van der Waals surface area contributed by atoms with Gasteiger partial charge in [-0.1, -0.05) is 36.9 Å². The quantitative estimate of drug-likeness (QED) is 0.566. The van der Waals surface area contributed by atoms with Crippen LogP contribution in [0.2, 0.25) is 0 Å². The first-order chi connectivity index (χ1) is 15.2. The molecular weight excluding hydrogens is 410 g/mol. The smallest absolute Gasteiger partial charge is 0.233 e. The minimum absolute atomic E-state index is 0.173. The van der Waals surface area contributed by atoms with Crippen LogP contribution in [0.3, 0.4) is 0 Å². The standard InChI is InChI=1S/C24H25N3O3S/c1-2-17-12-18-13-21-22(30-16-29-21)14-20(18)25-24(17)31-15-23(28)27-10-8-26(9-11-27)19-6-4-3-5-7-19/h3-7,12-14H,2,8-11,15-16H2,1H3. The monoisotopic (exact) mass is 435 g/mol. The average Bonchev–Trinajstić information content (AvgIpc) is 3.28. The third kappa shape index (κ3) is 4.14. The number of piperazine rings is 1. The molecule has 1 saturated heterocycles. The largest absolute Gasteiger partial charge is 0.454 e. The Morgan fingerprint density at radius 1 is 1.03 bits per heavy atom. The van der Waals surface area contributed by atoms with Gasteiger partial charge in [0.25, 0.3) is 0 Å². The van der Waals surface area contributed by atoms with Crippen LogP contribution in [-0.4, -0.2) is 54.5 Å². The second-order valence-corrected chi connectivity index (χ2v) is 8.66. The molecule has 2 aliphatic rings. The van der Waals surface area contributed by atoms with Crippen LogP contribution in [0.1, 0.15) is 12.5 Å². The van der Waals surface area contributed by atoms with Gasteiger partial charge >= 0.3 is 0 Å². The summed E-state index contributed by atoms with van der Waals surface area (Å²) >= 11 is 1.53. The summed E-state index contributed by atoms with van der Waals surface area (Å²) in [5.74, 6) is 2.07. The van der Waals surface area contributed by atoms with Crippen molar-refractivity contribution < 1.29 is 14.3 Å². The van der Waals surface area contributed by atoms with E-state index in [2.05, 4.69) is 42.2 Å². The number of para-hydroxylation sites is 1. The molecule has 5 rings (SSSR count). The molecule has 3 heterocycles. The number of carbonyl (C=O) groups is 1. The number of benzene rings is 2. The Morgan fingerprint density at radius 3 is 2.52 bits per heavy atom. The lowest BCUT2D eigenvalue weighted by atomic mass is 10.1. The van der Waals surface area contributed by atoms with E-state index in [1.807, 2.05) is 23.1 Å². The lowest BCUT2D eigenvalue weighted by molar-refractivity contribution is -0.128. The van der Waals surface area contributed by atoms with Crippen molar-refractivity contribution in [3.05, 3.63) is 54.1 Å². The molecule has 1 amide bonds. The van der Waals surface area contributed by atoms with E-state index < -0.39 is 0 Å². The lowest BCUT2D eigenvalue weighted by Crippen LogP contribution is -2.49. The summed E-state index contributed by atoms with van der Waals surface area (Å²) in [6.07, 6.45) is 0.865. The first-order valence-corrected chi connectivity index (χ1v) is 11.6. The Morgan fingerprint density at radius 2 is 1.77 bits per heavy atom. The maximum absolute atomic E-state index is 12.9. The van der Waals surface area contributed by atoms with Gasteiger partial charge < -0.3 is 19.3 Å². The molecule has 160 valence electrons. The summed E-state index contributed by atoms with van der Waals surface area (Å²) in [6, 6.07) is 16.4. The van der Waals surface area contributed by atoms with Gasteiger partial charge in [-0.2, -0.15) is 0 Å². The van der Waals surface area contributed by atoms with E-state index in [9.17, 15) is 4.79 Å². The van der Waals surface area contributed by atoms with Crippen molar-refractivity contribution in [1.82, 2.24) is 9.88 Å². The van der Waals surface area contributed by atoms with Crippen molar-refractivity contribution in [2.75, 3.05) is 43.6 Å². The number of aromatic nitrogens is 1. The van der Waals surface area contributed by atoms with Crippen LogP contribution in [0.15, 0.2) is 53.6 Å². The van der Waals surface area contributed by atoms with E-state index in [0.717, 1.165) is 65.6 Å². The fourth-order valence-corrected chi connectivity index (χ4v) is 5.04. The second-order valence-electron chi connectivity index (χ2n) is 7.70. The van der Waals surface area contributed by atoms with Crippen molar-refractivity contribution in [3.63, 3.8) is 0 Å². The molecule has 1 aromatic heterocycles. The van der Waals surface area contributed by atoms with Crippen LogP contribution in [0.5, 0.6) is 11.5 Å². The molecule has 0 spiro atoms. The van der Waals surface area contributed by atoms with E-state index in [0.29, 0.717) is 5.75 Å². The summed E-state index contributed by atoms with van der Waals surface area (Å²) in [5, 5.41) is 1.96. The number of pyridine rings is 1. The summed E-state index contributed by atoms with van der Waals surface area (Å²) in [5.41, 5.74) is 3.24. The highest BCUT2D eigenvalue weighted by Crippen LogP contribution is 2.37. The van der Waals surface area contributed by atoms with Crippen LogP contribution in [0, 0.1) is 0 Å². The van der Waals surface area contributed by atoms with Crippen molar-refractivity contribution in [1.29, 1.82) is 0 Å². The summed E-state index contributed by atoms with van der Waals surface area (Å²) in [4.78, 5) is 22.0. The molecule has 0 unspecified atom stereocenters. The Bertz CT molecular complexity index is 1100. The first-order valence-electron chi connectivity index (χ1n) is 10.6. The third-order valence-electron chi connectivity index (χ3n) is 5.82. The van der Waals surface area contributed by atoms with Gasteiger partial charge in [-0.25, -0.2) is 4.98 Å². The average molecular weight is 436 g/mol. The number of aryl methyl sites for hydroxylation is 1. The summed E-state index contributed by atoms with van der Waals surface area (Å²) in [7, 11) is 0. The van der Waals surface area contributed by atoms with Gasteiger partial charge in [-0.05, 0) is 36.2 Å². The highest BCUT2D eigenvalue weighted by atomic mass is 32.2. The van der Waals surface area contributed by atoms with E-state index >= 15 is 0 Å². The van der Waals surface area contributed by atoms with Crippen LogP contribution in [0.4, 0.5) is 5.69 Å². The number of thioether (sulfide) groups is 1. The van der Waals surface area contributed by atoms with Crippen molar-refractivity contribution >= 4 is 34.3 Å². The summed E-state index contributed by atoms with van der Waals surface area (Å²) in [6.45, 7) is 5.60. The predicted molar refractivity (Wildman–Crippen MR) is 123 cm³/mol. The molecule has 0 atom stereocenters. The van der Waals surface area contributed by atoms with Crippen LogP contribution in [-0.2, 0) is 11.2 Å². The Kier molecular flexibility index (Phi) is 5.59. The maximum Gasteiger partial charge on any atom is 0.233 e. The molecule has 2 aromatic carbocycles. The van der Waals surface area contributed by atoms with Crippen molar-refractivity contribution in [2.24, 2.45) is 0 Å². The fourth-order valence-electron chi connectivity index (χ4n) is 4.04. The highest BCUT2D eigenvalue weighted by molar-refractivity contribution is 7.99. The number of carbonyl (C=O) groups excluding carboxylic acids is 1. The minimum atomic E-state index is 0.173. The van der Waals surface area contributed by atoms with Crippen molar-refractivity contribution in [2.45, 2.75) is 18.4 Å². The molecule has 1 fully saturated rings. The van der Waals surface area contributed by atoms with E-state index in [4.69, 9.17) is 14.5 Å². The number of rotatable bonds is 5. The van der Waals surface area contributed by atoms with Gasteiger partial charge in [0.1, 0.15) is 5.03 Å². The van der Waals surface area contributed by atoms with Gasteiger partial charge in [-0.15, -0.1) is 0 Å². The number of anilines is 1. The maximum atomic E-state index is 12.9. The summed E-state index contributed by atoms with van der Waals surface area (Å²) < 4.78 is 11.0. The first kappa shape index (κ1) is 20.0. The molecule has 6 nitrogen and oxygen atoms in total. The molecule has 31 heavy (non-hydrogen) atoms. The molecule has 2 aliphatic heterocycles. The molecule has 7 heteroatoms. The SMILES string of the molecule is CCc1cc2cc3c(cc2nc1SCC(=O)N1CCN(c2ccccc2)CC1)OCO3. The molecule has 0 aliphatic carbocycles. The van der Waals surface area contributed by atoms with Gasteiger partial charge in [0.15, 0.2) is 11.5 Å². The number of amides is 1. The number of hydrogen-bond acceptors (Lipinski definition) is 6. The lowest BCUT2D eigenvalue weighted by Gasteiger charge is -2.36. The Balaban J connectivity index is 1.24. The molecule has 0 radical (unpaired) electrons. The third-order valence-corrected chi connectivity index (χ3v) is 6.83. The molecule has 0 N–H and O–H groups in total. The second kappa shape index (κ2) is 8.67. The Labute approximate surface area is 186 Å². The van der Waals surface area contributed by atoms with Crippen LogP contribution < -0.4 is 14.4 Å².